The van der Waals surface area contributed by atoms with Gasteiger partial charge in [0, 0.05) is 5.71 Å². The average Bonchev–Trinajstić information content (AvgIpc) is 2.27. The smallest absolute Gasteiger partial charge is 0.253 e. The second-order valence-electron chi connectivity index (χ2n) is 3.98. The van der Waals surface area contributed by atoms with Gasteiger partial charge in [0.25, 0.3) is 0 Å². The minimum Gasteiger partial charge on any atom is -0.253 e. The molecule has 0 heterocycles. The van der Waals surface area contributed by atoms with Crippen molar-refractivity contribution in [3.05, 3.63) is 54.2 Å². The first-order valence-corrected chi connectivity index (χ1v) is 5.36. The second-order valence-corrected chi connectivity index (χ2v) is 3.98. The Balaban J connectivity index is 3.11. The van der Waals surface area contributed by atoms with E-state index in [-0.39, 0.29) is 5.57 Å². The number of halogens is 3. The van der Waals surface area contributed by atoms with E-state index in [1.165, 1.54) is 13.8 Å². The molecule has 0 unspecified atom stereocenters. The second kappa shape index (κ2) is 5.67. The van der Waals surface area contributed by atoms with Crippen LogP contribution in [0.3, 0.4) is 0 Å². The van der Waals surface area contributed by atoms with Gasteiger partial charge in [-0.15, -0.1) is 0 Å². The van der Waals surface area contributed by atoms with E-state index >= 15 is 0 Å². The van der Waals surface area contributed by atoms with Crippen LogP contribution in [0.4, 0.5) is 13.2 Å². The van der Waals surface area contributed by atoms with Crippen molar-refractivity contribution in [1.82, 2.24) is 0 Å². The fraction of sp³-hybridized carbons (Fsp3) is 0.214. The van der Waals surface area contributed by atoms with Crippen molar-refractivity contribution in [3.8, 4) is 0 Å². The monoisotopic (exact) mass is 253 g/mol. The van der Waals surface area contributed by atoms with Crippen molar-refractivity contribution in [3.63, 3.8) is 0 Å². The minimum atomic E-state index is -4.48. The fourth-order valence-electron chi connectivity index (χ4n) is 1.32. The van der Waals surface area contributed by atoms with Gasteiger partial charge in [0.15, 0.2) is 0 Å². The first-order valence-electron chi connectivity index (χ1n) is 5.36. The molecule has 0 aliphatic carbocycles. The van der Waals surface area contributed by atoms with Crippen LogP contribution >= 0.6 is 0 Å². The molecule has 0 aliphatic heterocycles. The van der Waals surface area contributed by atoms with Crippen molar-refractivity contribution >= 4 is 11.3 Å². The predicted octanol–water partition coefficient (Wildman–Crippen LogP) is 4.63. The van der Waals surface area contributed by atoms with Gasteiger partial charge in [0.2, 0.25) is 0 Å². The van der Waals surface area contributed by atoms with E-state index in [1.807, 2.05) is 0 Å². The lowest BCUT2D eigenvalue weighted by molar-refractivity contribution is -0.0922. The van der Waals surface area contributed by atoms with Gasteiger partial charge in [0.1, 0.15) is 5.70 Å². The SMILES string of the molecule is C=C(/C=C(\N=C(C)C)C(F)(F)F)c1ccccc1. The number of rotatable bonds is 3. The highest BCUT2D eigenvalue weighted by atomic mass is 19.4. The third-order valence-electron chi connectivity index (χ3n) is 2.09. The van der Waals surface area contributed by atoms with Gasteiger partial charge in [-0.25, -0.2) is 0 Å². The molecule has 0 amide bonds. The Bertz CT molecular complexity index is 478. The summed E-state index contributed by atoms with van der Waals surface area (Å²) in [6.07, 6.45) is -3.52. The van der Waals surface area contributed by atoms with Crippen molar-refractivity contribution in [1.29, 1.82) is 0 Å². The van der Waals surface area contributed by atoms with Crippen LogP contribution < -0.4 is 0 Å². The Kier molecular flexibility index (Phi) is 4.48. The lowest BCUT2D eigenvalue weighted by Gasteiger charge is -2.09. The standard InChI is InChI=1S/C14H14F3N/c1-10(2)18-13(14(15,16)17)9-11(3)12-7-5-4-6-8-12/h4-9H,3H2,1-2H3/b13-9-. The molecule has 0 spiro atoms. The maximum atomic E-state index is 12.7. The summed E-state index contributed by atoms with van der Waals surface area (Å²) in [7, 11) is 0. The van der Waals surface area contributed by atoms with Crippen LogP contribution in [-0.4, -0.2) is 11.9 Å². The van der Waals surface area contributed by atoms with Crippen molar-refractivity contribution in [2.24, 2.45) is 4.99 Å². The normalized spacial score (nSPS) is 12.2. The van der Waals surface area contributed by atoms with Crippen LogP contribution in [0.1, 0.15) is 19.4 Å². The molecule has 0 saturated carbocycles. The Morgan fingerprint density at radius 1 is 1.17 bits per heavy atom. The van der Waals surface area contributed by atoms with Gasteiger partial charge in [-0.1, -0.05) is 36.9 Å². The first-order chi connectivity index (χ1) is 8.30. The van der Waals surface area contributed by atoms with Crippen LogP contribution in [-0.2, 0) is 0 Å². The molecule has 1 nitrogen and oxygen atoms in total. The van der Waals surface area contributed by atoms with Gasteiger partial charge >= 0.3 is 6.18 Å². The van der Waals surface area contributed by atoms with Crippen molar-refractivity contribution in [2.45, 2.75) is 20.0 Å². The molecule has 18 heavy (non-hydrogen) atoms. The van der Waals surface area contributed by atoms with Crippen LogP contribution in [0.2, 0.25) is 0 Å². The molecule has 0 aliphatic rings. The molecule has 0 N–H and O–H groups in total. The average molecular weight is 253 g/mol. The number of benzene rings is 1. The third kappa shape index (κ3) is 4.20. The van der Waals surface area contributed by atoms with E-state index in [4.69, 9.17) is 0 Å². The predicted molar refractivity (Wildman–Crippen MR) is 68.4 cm³/mol. The summed E-state index contributed by atoms with van der Waals surface area (Å²) < 4.78 is 38.2. The summed E-state index contributed by atoms with van der Waals surface area (Å²) in [5, 5.41) is 0. The number of aliphatic imine (C=N–C) groups is 1. The molecule has 0 bridgehead atoms. The summed E-state index contributed by atoms with van der Waals surface area (Å²) >= 11 is 0. The summed E-state index contributed by atoms with van der Waals surface area (Å²) in [6, 6.07) is 8.69. The fourth-order valence-corrected chi connectivity index (χ4v) is 1.32. The quantitative estimate of drug-likeness (QED) is 0.550. The molecule has 4 heteroatoms. The van der Waals surface area contributed by atoms with E-state index in [2.05, 4.69) is 11.6 Å². The van der Waals surface area contributed by atoms with Crippen LogP contribution in [0.15, 0.2) is 53.7 Å². The number of alkyl halides is 3. The lowest BCUT2D eigenvalue weighted by atomic mass is 10.1. The highest BCUT2D eigenvalue weighted by molar-refractivity contribution is 5.81. The van der Waals surface area contributed by atoms with E-state index in [9.17, 15) is 13.2 Å². The number of allylic oxidation sites excluding steroid dienone is 3. The summed E-state index contributed by atoms with van der Waals surface area (Å²) in [4.78, 5) is 3.51. The van der Waals surface area contributed by atoms with Crippen LogP contribution in [0.5, 0.6) is 0 Å². The molecular weight excluding hydrogens is 239 g/mol. The molecule has 0 aromatic heterocycles. The van der Waals surface area contributed by atoms with Crippen molar-refractivity contribution < 1.29 is 13.2 Å². The number of hydrogen-bond acceptors (Lipinski definition) is 1. The maximum absolute atomic E-state index is 12.7. The van der Waals surface area contributed by atoms with Gasteiger partial charge in [-0.3, -0.25) is 4.99 Å². The van der Waals surface area contributed by atoms with Gasteiger partial charge in [-0.2, -0.15) is 13.2 Å². The Hall–Kier alpha value is -1.84. The minimum absolute atomic E-state index is 0.285. The number of hydrogen-bond donors (Lipinski definition) is 0. The van der Waals surface area contributed by atoms with Crippen LogP contribution in [0, 0.1) is 0 Å². The van der Waals surface area contributed by atoms with Crippen molar-refractivity contribution in [2.75, 3.05) is 0 Å². The highest BCUT2D eigenvalue weighted by Crippen LogP contribution is 2.29. The summed E-state index contributed by atoms with van der Waals surface area (Å²) in [5.41, 5.74) is 0.340. The molecule has 96 valence electrons. The van der Waals surface area contributed by atoms with E-state index in [1.54, 1.807) is 30.3 Å². The van der Waals surface area contributed by atoms with Gasteiger partial charge < -0.3 is 0 Å². The summed E-state index contributed by atoms with van der Waals surface area (Å²) in [5.74, 6) is 0. The van der Waals surface area contributed by atoms with Gasteiger partial charge in [-0.05, 0) is 31.1 Å². The molecule has 0 atom stereocenters. The van der Waals surface area contributed by atoms with E-state index in [0.717, 1.165) is 6.08 Å². The topological polar surface area (TPSA) is 12.4 Å². The van der Waals surface area contributed by atoms with Gasteiger partial charge in [0.05, 0.1) is 0 Å². The zero-order valence-corrected chi connectivity index (χ0v) is 10.3. The molecule has 0 radical (unpaired) electrons. The zero-order chi connectivity index (χ0) is 13.8. The van der Waals surface area contributed by atoms with E-state index < -0.39 is 11.9 Å². The molecule has 1 rings (SSSR count). The van der Waals surface area contributed by atoms with Crippen LogP contribution in [0.25, 0.3) is 5.57 Å². The maximum Gasteiger partial charge on any atom is 0.433 e. The molecule has 0 saturated heterocycles. The first kappa shape index (κ1) is 14.2. The zero-order valence-electron chi connectivity index (χ0n) is 10.3. The Morgan fingerprint density at radius 3 is 2.17 bits per heavy atom. The Morgan fingerprint density at radius 2 is 1.72 bits per heavy atom. The third-order valence-corrected chi connectivity index (χ3v) is 2.09. The summed E-state index contributed by atoms with van der Waals surface area (Å²) in [6.45, 7) is 6.68. The van der Waals surface area contributed by atoms with E-state index in [0.29, 0.717) is 11.3 Å². The highest BCUT2D eigenvalue weighted by Gasteiger charge is 2.33. The number of nitrogens with zero attached hydrogens (tertiary/aromatic N) is 1. The molecule has 1 aromatic rings. The molecule has 0 fully saturated rings. The largest absolute Gasteiger partial charge is 0.433 e. The lowest BCUT2D eigenvalue weighted by Crippen LogP contribution is -2.11. The Labute approximate surface area is 104 Å². The molecule has 1 aromatic carbocycles. The molecular formula is C14H14F3N.